The van der Waals surface area contributed by atoms with E-state index in [2.05, 4.69) is 24.5 Å². The Morgan fingerprint density at radius 2 is 2.20 bits per heavy atom. The van der Waals surface area contributed by atoms with Crippen LogP contribution in [-0.4, -0.2) is 19.9 Å². The Hall–Kier alpha value is -2.00. The molecule has 2 heterocycles. The molecule has 1 saturated heterocycles. The lowest BCUT2D eigenvalue weighted by molar-refractivity contribution is 0.173. The van der Waals surface area contributed by atoms with Crippen molar-refractivity contribution in [1.29, 1.82) is 0 Å². The van der Waals surface area contributed by atoms with Crippen molar-refractivity contribution in [2.24, 2.45) is 0 Å². The van der Waals surface area contributed by atoms with Crippen molar-refractivity contribution in [2.75, 3.05) is 19.9 Å². The second kappa shape index (κ2) is 4.25. The maximum Gasteiger partial charge on any atom is 0.231 e. The Balaban J connectivity index is 1.92. The van der Waals surface area contributed by atoms with Gasteiger partial charge in [0.2, 0.25) is 6.79 Å². The van der Waals surface area contributed by atoms with Crippen molar-refractivity contribution in [3.8, 4) is 11.5 Å². The Morgan fingerprint density at radius 1 is 1.30 bits per heavy atom. The molecule has 0 amide bonds. The van der Waals surface area contributed by atoms with E-state index >= 15 is 0 Å². The van der Waals surface area contributed by atoms with Gasteiger partial charge in [-0.25, -0.2) is 0 Å². The van der Waals surface area contributed by atoms with Crippen LogP contribution < -0.4 is 14.8 Å². The van der Waals surface area contributed by atoms with Crippen LogP contribution in [0.5, 0.6) is 11.5 Å². The van der Waals surface area contributed by atoms with Crippen LogP contribution in [0.2, 0.25) is 0 Å². The first-order chi connectivity index (χ1) is 9.79. The zero-order valence-electron chi connectivity index (χ0n) is 11.4. The molecule has 1 aromatic carbocycles. The van der Waals surface area contributed by atoms with E-state index in [0.29, 0.717) is 12.7 Å². The fourth-order valence-corrected chi connectivity index (χ4v) is 3.55. The summed E-state index contributed by atoms with van der Waals surface area (Å²) in [6.07, 6.45) is 2.83. The molecule has 1 aliphatic carbocycles. The quantitative estimate of drug-likeness (QED) is 0.848. The van der Waals surface area contributed by atoms with Crippen LogP contribution in [0.15, 0.2) is 48.1 Å². The Kier molecular flexibility index (Phi) is 2.51. The van der Waals surface area contributed by atoms with Crippen molar-refractivity contribution < 1.29 is 9.47 Å². The highest BCUT2D eigenvalue weighted by molar-refractivity contribution is 5.62. The summed E-state index contributed by atoms with van der Waals surface area (Å²) in [5, 5.41) is 3.45. The van der Waals surface area contributed by atoms with Gasteiger partial charge < -0.3 is 14.8 Å². The molecule has 20 heavy (non-hydrogen) atoms. The molecule has 0 bridgehead atoms. The van der Waals surface area contributed by atoms with Gasteiger partial charge in [-0.1, -0.05) is 25.3 Å². The van der Waals surface area contributed by atoms with Gasteiger partial charge in [0.05, 0.1) is 0 Å². The molecule has 1 unspecified atom stereocenters. The summed E-state index contributed by atoms with van der Waals surface area (Å²) in [6.45, 7) is 10.3. The molecule has 3 nitrogen and oxygen atoms in total. The van der Waals surface area contributed by atoms with Crippen LogP contribution in [0.25, 0.3) is 0 Å². The molecule has 0 radical (unpaired) electrons. The number of allylic oxidation sites excluding steroid dienone is 2. The van der Waals surface area contributed by atoms with Crippen LogP contribution in [0, 0.1) is 0 Å². The van der Waals surface area contributed by atoms with E-state index in [-0.39, 0.29) is 0 Å². The molecule has 4 rings (SSSR count). The Labute approximate surface area is 118 Å². The van der Waals surface area contributed by atoms with E-state index < -0.39 is 0 Å². The third kappa shape index (κ3) is 1.50. The van der Waals surface area contributed by atoms with E-state index in [9.17, 15) is 0 Å². The highest BCUT2D eigenvalue weighted by Crippen LogP contribution is 2.47. The van der Waals surface area contributed by atoms with Gasteiger partial charge in [-0.05, 0) is 28.3 Å². The van der Waals surface area contributed by atoms with Gasteiger partial charge >= 0.3 is 0 Å². The van der Waals surface area contributed by atoms with Crippen molar-refractivity contribution >= 4 is 0 Å². The lowest BCUT2D eigenvalue weighted by atomic mass is 9.73. The van der Waals surface area contributed by atoms with Gasteiger partial charge in [-0.3, -0.25) is 0 Å². The maximum atomic E-state index is 5.67. The zero-order valence-corrected chi connectivity index (χ0v) is 11.4. The molecule has 3 heteroatoms. The van der Waals surface area contributed by atoms with Crippen molar-refractivity contribution in [1.82, 2.24) is 5.32 Å². The SMILES string of the molecule is C=CC1=C2C(=C)CNCC2c2ccc3c(c2C1)OCO3. The molecule has 0 aromatic heterocycles. The van der Waals surface area contributed by atoms with Gasteiger partial charge in [0, 0.05) is 31.0 Å². The Bertz CT molecular complexity index is 657. The average Bonchev–Trinajstić information content (AvgIpc) is 2.95. The first kappa shape index (κ1) is 11.8. The summed E-state index contributed by atoms with van der Waals surface area (Å²) in [4.78, 5) is 0. The van der Waals surface area contributed by atoms with Gasteiger partial charge in [0.25, 0.3) is 0 Å². The van der Waals surface area contributed by atoms with E-state index in [4.69, 9.17) is 9.47 Å². The first-order valence-electron chi connectivity index (χ1n) is 6.95. The predicted molar refractivity (Wildman–Crippen MR) is 78.2 cm³/mol. The minimum absolute atomic E-state index is 0.321. The smallest absolute Gasteiger partial charge is 0.231 e. The third-order valence-electron chi connectivity index (χ3n) is 4.43. The number of piperidine rings is 1. The summed E-state index contributed by atoms with van der Waals surface area (Å²) in [6, 6.07) is 4.20. The second-order valence-electron chi connectivity index (χ2n) is 5.47. The predicted octanol–water partition coefficient (Wildman–Crippen LogP) is 2.70. The summed E-state index contributed by atoms with van der Waals surface area (Å²) in [7, 11) is 0. The molecule has 3 aliphatic rings. The fourth-order valence-electron chi connectivity index (χ4n) is 3.55. The molecule has 1 N–H and O–H groups in total. The lowest BCUT2D eigenvalue weighted by Crippen LogP contribution is -2.34. The van der Waals surface area contributed by atoms with Crippen molar-refractivity contribution in [2.45, 2.75) is 12.3 Å². The van der Waals surface area contributed by atoms with Crippen LogP contribution in [-0.2, 0) is 6.42 Å². The highest BCUT2D eigenvalue weighted by atomic mass is 16.7. The van der Waals surface area contributed by atoms with E-state index in [1.54, 1.807) is 0 Å². The molecule has 0 saturated carbocycles. The number of nitrogens with one attached hydrogen (secondary N) is 1. The van der Waals surface area contributed by atoms with Crippen LogP contribution in [0.3, 0.4) is 0 Å². The topological polar surface area (TPSA) is 30.5 Å². The lowest BCUT2D eigenvalue weighted by Gasteiger charge is -2.35. The molecule has 2 aliphatic heterocycles. The number of fused-ring (bicyclic) bond motifs is 5. The largest absolute Gasteiger partial charge is 0.454 e. The number of benzene rings is 1. The number of hydrogen-bond acceptors (Lipinski definition) is 3. The van der Waals surface area contributed by atoms with Crippen LogP contribution in [0.4, 0.5) is 0 Å². The van der Waals surface area contributed by atoms with Gasteiger partial charge in [-0.2, -0.15) is 0 Å². The van der Waals surface area contributed by atoms with Crippen LogP contribution in [0.1, 0.15) is 17.0 Å². The Morgan fingerprint density at radius 3 is 3.05 bits per heavy atom. The zero-order chi connectivity index (χ0) is 13.7. The standard InChI is InChI=1S/C17H17NO2/c1-3-11-6-13-12(4-5-15-17(13)20-9-19-15)14-8-18-7-10(2)16(11)14/h3-5,14,18H,1-2,6-9H2. The number of rotatable bonds is 1. The summed E-state index contributed by atoms with van der Waals surface area (Å²) >= 11 is 0. The van der Waals surface area contributed by atoms with Gasteiger partial charge in [0.15, 0.2) is 11.5 Å². The second-order valence-corrected chi connectivity index (χ2v) is 5.47. The molecule has 1 aromatic rings. The van der Waals surface area contributed by atoms with Crippen molar-refractivity contribution in [3.63, 3.8) is 0 Å². The minimum atomic E-state index is 0.321. The van der Waals surface area contributed by atoms with Gasteiger partial charge in [0.1, 0.15) is 0 Å². The summed E-state index contributed by atoms with van der Waals surface area (Å²) in [5.74, 6) is 2.12. The number of hydrogen-bond donors (Lipinski definition) is 1. The van der Waals surface area contributed by atoms with E-state index in [1.165, 1.54) is 27.8 Å². The highest BCUT2D eigenvalue weighted by Gasteiger charge is 2.34. The molecular weight excluding hydrogens is 250 g/mol. The summed E-state index contributed by atoms with van der Waals surface area (Å²) in [5.41, 5.74) is 6.41. The van der Waals surface area contributed by atoms with Crippen molar-refractivity contribution in [3.05, 3.63) is 59.2 Å². The molecule has 102 valence electrons. The fraction of sp³-hybridized carbons (Fsp3) is 0.294. The third-order valence-corrected chi connectivity index (χ3v) is 4.43. The molecular formula is C17H17NO2. The molecule has 0 spiro atoms. The van der Waals surface area contributed by atoms with Crippen LogP contribution >= 0.6 is 0 Å². The molecule has 1 atom stereocenters. The average molecular weight is 267 g/mol. The molecule has 1 fully saturated rings. The minimum Gasteiger partial charge on any atom is -0.454 e. The number of ether oxygens (including phenoxy) is 2. The van der Waals surface area contributed by atoms with E-state index in [0.717, 1.165) is 31.0 Å². The first-order valence-corrected chi connectivity index (χ1v) is 6.95. The monoisotopic (exact) mass is 267 g/mol. The van der Waals surface area contributed by atoms with Gasteiger partial charge in [-0.15, -0.1) is 0 Å². The normalized spacial score (nSPS) is 23.4. The van der Waals surface area contributed by atoms with E-state index in [1.807, 2.05) is 12.1 Å². The maximum absolute atomic E-state index is 5.67. The summed E-state index contributed by atoms with van der Waals surface area (Å²) < 4.78 is 11.2.